The van der Waals surface area contributed by atoms with Crippen LogP contribution in [0.5, 0.6) is 0 Å². The molecule has 2 N–H and O–H groups in total. The summed E-state index contributed by atoms with van der Waals surface area (Å²) in [6.45, 7) is 7.02. The monoisotopic (exact) mass is 327 g/mol. The minimum absolute atomic E-state index is 0.200. The molecular formula is C19H25N3O2. The van der Waals surface area contributed by atoms with Gasteiger partial charge in [-0.3, -0.25) is 4.98 Å². The number of rotatable bonds is 6. The van der Waals surface area contributed by atoms with E-state index in [1.165, 1.54) is 0 Å². The van der Waals surface area contributed by atoms with Gasteiger partial charge in [-0.1, -0.05) is 35.9 Å². The van der Waals surface area contributed by atoms with Gasteiger partial charge >= 0.3 is 6.03 Å². The van der Waals surface area contributed by atoms with Crippen LogP contribution in [0.1, 0.15) is 35.4 Å². The van der Waals surface area contributed by atoms with Gasteiger partial charge in [0.1, 0.15) is 0 Å². The summed E-state index contributed by atoms with van der Waals surface area (Å²) in [5.41, 5.74) is 3.84. The van der Waals surface area contributed by atoms with Crippen molar-refractivity contribution < 1.29 is 9.90 Å². The van der Waals surface area contributed by atoms with Gasteiger partial charge in [-0.25, -0.2) is 4.79 Å². The minimum Gasteiger partial charge on any atom is -0.387 e. The third kappa shape index (κ3) is 4.80. The van der Waals surface area contributed by atoms with Crippen molar-refractivity contribution in [3.05, 3.63) is 65.0 Å². The second-order valence-electron chi connectivity index (χ2n) is 5.89. The highest BCUT2D eigenvalue weighted by atomic mass is 16.3. The fourth-order valence-corrected chi connectivity index (χ4v) is 2.43. The number of amides is 2. The van der Waals surface area contributed by atoms with Crippen LogP contribution < -0.4 is 5.32 Å². The van der Waals surface area contributed by atoms with E-state index in [0.717, 1.165) is 22.4 Å². The third-order valence-corrected chi connectivity index (χ3v) is 4.05. The largest absolute Gasteiger partial charge is 0.387 e. The summed E-state index contributed by atoms with van der Waals surface area (Å²) in [7, 11) is 0. The summed E-state index contributed by atoms with van der Waals surface area (Å²) < 4.78 is 0. The van der Waals surface area contributed by atoms with Crippen molar-refractivity contribution in [2.45, 2.75) is 33.4 Å². The molecule has 0 saturated carbocycles. The van der Waals surface area contributed by atoms with Crippen molar-refractivity contribution in [3.63, 3.8) is 0 Å². The highest BCUT2D eigenvalue weighted by molar-refractivity contribution is 5.74. The maximum Gasteiger partial charge on any atom is 0.317 e. The minimum atomic E-state index is -0.701. The summed E-state index contributed by atoms with van der Waals surface area (Å²) in [6, 6.07) is 11.3. The van der Waals surface area contributed by atoms with E-state index in [2.05, 4.69) is 10.3 Å². The predicted molar refractivity (Wildman–Crippen MR) is 94.6 cm³/mol. The zero-order chi connectivity index (χ0) is 17.5. The van der Waals surface area contributed by atoms with Crippen LogP contribution in [0.25, 0.3) is 0 Å². The maximum absolute atomic E-state index is 12.4. The number of aryl methyl sites for hydroxylation is 2. The first-order chi connectivity index (χ1) is 11.5. The van der Waals surface area contributed by atoms with Gasteiger partial charge in [0.15, 0.2) is 0 Å². The van der Waals surface area contributed by atoms with Gasteiger partial charge in [-0.05, 0) is 38.0 Å². The number of pyridine rings is 1. The molecule has 0 aliphatic heterocycles. The highest BCUT2D eigenvalue weighted by Crippen LogP contribution is 2.15. The number of benzene rings is 1. The number of aliphatic hydroxyl groups excluding tert-OH is 1. The van der Waals surface area contributed by atoms with Gasteiger partial charge in [0.05, 0.1) is 24.9 Å². The lowest BCUT2D eigenvalue weighted by atomic mass is 10.1. The summed E-state index contributed by atoms with van der Waals surface area (Å²) in [6.07, 6.45) is 1.01. The molecule has 0 fully saturated rings. The van der Waals surface area contributed by atoms with Gasteiger partial charge in [-0.2, -0.15) is 0 Å². The Morgan fingerprint density at radius 2 is 1.96 bits per heavy atom. The van der Waals surface area contributed by atoms with E-state index in [-0.39, 0.29) is 12.6 Å². The zero-order valence-electron chi connectivity index (χ0n) is 14.5. The number of aromatic nitrogens is 1. The smallest absolute Gasteiger partial charge is 0.317 e. The summed E-state index contributed by atoms with van der Waals surface area (Å²) in [4.78, 5) is 18.2. The van der Waals surface area contributed by atoms with Crippen LogP contribution in [0, 0.1) is 13.8 Å². The summed E-state index contributed by atoms with van der Waals surface area (Å²) in [5, 5.41) is 13.2. The SMILES string of the molecule is CCN(CC(O)c1ccc(C)cc1)C(=O)NCc1ncccc1C. The third-order valence-electron chi connectivity index (χ3n) is 4.05. The fourth-order valence-electron chi connectivity index (χ4n) is 2.43. The van der Waals surface area contributed by atoms with Gasteiger partial charge in [0.25, 0.3) is 0 Å². The normalized spacial score (nSPS) is 11.8. The topological polar surface area (TPSA) is 65.5 Å². The number of aliphatic hydroxyl groups is 1. The van der Waals surface area contributed by atoms with E-state index < -0.39 is 6.10 Å². The molecule has 2 rings (SSSR count). The van der Waals surface area contributed by atoms with Crippen LogP contribution in [-0.4, -0.2) is 34.1 Å². The molecule has 128 valence electrons. The average Bonchev–Trinajstić information content (AvgIpc) is 2.59. The van der Waals surface area contributed by atoms with Crippen molar-refractivity contribution in [2.75, 3.05) is 13.1 Å². The number of nitrogens with zero attached hydrogens (tertiary/aromatic N) is 2. The predicted octanol–water partition coefficient (Wildman–Crippen LogP) is 2.96. The molecular weight excluding hydrogens is 302 g/mol. The molecule has 0 bridgehead atoms. The van der Waals surface area contributed by atoms with Gasteiger partial charge < -0.3 is 15.3 Å². The number of hydrogen-bond donors (Lipinski definition) is 2. The summed E-state index contributed by atoms with van der Waals surface area (Å²) in [5.74, 6) is 0. The number of hydrogen-bond acceptors (Lipinski definition) is 3. The first kappa shape index (κ1) is 17.9. The molecule has 5 nitrogen and oxygen atoms in total. The Labute approximate surface area is 143 Å². The van der Waals surface area contributed by atoms with E-state index in [0.29, 0.717) is 13.1 Å². The van der Waals surface area contributed by atoms with Crippen LogP contribution in [0.15, 0.2) is 42.6 Å². The lowest BCUT2D eigenvalue weighted by Gasteiger charge is -2.24. The first-order valence-corrected chi connectivity index (χ1v) is 8.19. The quantitative estimate of drug-likeness (QED) is 0.857. The number of carbonyl (C=O) groups excluding carboxylic acids is 1. The van der Waals surface area contributed by atoms with Crippen LogP contribution >= 0.6 is 0 Å². The van der Waals surface area contributed by atoms with Crippen molar-refractivity contribution in [1.82, 2.24) is 15.2 Å². The standard InChI is InChI=1S/C19H25N3O2/c1-4-22(13-18(23)16-9-7-14(2)8-10-16)19(24)21-12-17-15(3)6-5-11-20-17/h5-11,18,23H,4,12-13H2,1-3H3,(H,21,24). The molecule has 0 saturated heterocycles. The molecule has 1 heterocycles. The zero-order valence-corrected chi connectivity index (χ0v) is 14.5. The van der Waals surface area contributed by atoms with Crippen molar-refractivity contribution in [2.24, 2.45) is 0 Å². The molecule has 1 aromatic heterocycles. The molecule has 5 heteroatoms. The molecule has 1 atom stereocenters. The second-order valence-corrected chi connectivity index (χ2v) is 5.89. The maximum atomic E-state index is 12.4. The van der Waals surface area contributed by atoms with E-state index in [4.69, 9.17) is 0 Å². The number of carbonyl (C=O) groups is 1. The van der Waals surface area contributed by atoms with Gasteiger partial charge in [0, 0.05) is 12.7 Å². The lowest BCUT2D eigenvalue weighted by molar-refractivity contribution is 0.123. The molecule has 2 amide bonds. The van der Waals surface area contributed by atoms with Crippen LogP contribution in [0.3, 0.4) is 0 Å². The molecule has 0 radical (unpaired) electrons. The van der Waals surface area contributed by atoms with E-state index >= 15 is 0 Å². The van der Waals surface area contributed by atoms with E-state index in [9.17, 15) is 9.90 Å². The number of urea groups is 1. The highest BCUT2D eigenvalue weighted by Gasteiger charge is 2.17. The Balaban J connectivity index is 1.93. The van der Waals surface area contributed by atoms with Crippen molar-refractivity contribution >= 4 is 6.03 Å². The van der Waals surface area contributed by atoms with E-state index in [1.807, 2.05) is 57.2 Å². The fraction of sp³-hybridized carbons (Fsp3) is 0.368. The van der Waals surface area contributed by atoms with Crippen molar-refractivity contribution in [3.8, 4) is 0 Å². The Morgan fingerprint density at radius 1 is 1.25 bits per heavy atom. The Bertz CT molecular complexity index is 671. The van der Waals surface area contributed by atoms with Gasteiger partial charge in [-0.15, -0.1) is 0 Å². The molecule has 1 aromatic carbocycles. The Hall–Kier alpha value is -2.40. The lowest BCUT2D eigenvalue weighted by Crippen LogP contribution is -2.41. The number of likely N-dealkylation sites (N-methyl/N-ethyl adjacent to an activating group) is 1. The Kier molecular flexibility index (Phi) is 6.32. The van der Waals surface area contributed by atoms with Crippen LogP contribution in [0.2, 0.25) is 0 Å². The second kappa shape index (κ2) is 8.45. The molecule has 2 aromatic rings. The first-order valence-electron chi connectivity index (χ1n) is 8.19. The molecule has 1 unspecified atom stereocenters. The molecule has 0 spiro atoms. The molecule has 24 heavy (non-hydrogen) atoms. The van der Waals surface area contributed by atoms with Crippen LogP contribution in [-0.2, 0) is 6.54 Å². The molecule has 0 aliphatic rings. The Morgan fingerprint density at radius 3 is 2.58 bits per heavy atom. The summed E-state index contributed by atoms with van der Waals surface area (Å²) >= 11 is 0. The van der Waals surface area contributed by atoms with Crippen LogP contribution in [0.4, 0.5) is 4.79 Å². The van der Waals surface area contributed by atoms with Gasteiger partial charge in [0.2, 0.25) is 0 Å². The van der Waals surface area contributed by atoms with Crippen molar-refractivity contribution in [1.29, 1.82) is 0 Å². The number of nitrogens with one attached hydrogen (secondary N) is 1. The average molecular weight is 327 g/mol. The van der Waals surface area contributed by atoms with E-state index in [1.54, 1.807) is 11.1 Å². The molecule has 0 aliphatic carbocycles.